The molecule has 0 aliphatic heterocycles. The van der Waals surface area contributed by atoms with E-state index in [0.717, 1.165) is 38.5 Å². The van der Waals surface area contributed by atoms with Gasteiger partial charge in [0.15, 0.2) is 0 Å². The lowest BCUT2D eigenvalue weighted by Gasteiger charge is -2.21. The fourth-order valence-electron chi connectivity index (χ4n) is 2.40. The summed E-state index contributed by atoms with van der Waals surface area (Å²) in [5, 5.41) is 11.9. The van der Waals surface area contributed by atoms with Gasteiger partial charge in [0.05, 0.1) is 7.05 Å². The lowest BCUT2D eigenvalue weighted by Crippen LogP contribution is -2.37. The SMILES string of the molecule is CCCCN(C(=O)C1CCCC1)c1nnn(C)n1. The molecule has 1 fully saturated rings. The number of rotatable bonds is 5. The first kappa shape index (κ1) is 13.0. The summed E-state index contributed by atoms with van der Waals surface area (Å²) in [6.45, 7) is 2.81. The fourth-order valence-corrected chi connectivity index (χ4v) is 2.40. The van der Waals surface area contributed by atoms with Crippen LogP contribution in [0.3, 0.4) is 0 Å². The van der Waals surface area contributed by atoms with Crippen LogP contribution in [0.2, 0.25) is 0 Å². The number of aryl methyl sites for hydroxylation is 1. The minimum atomic E-state index is 0.158. The van der Waals surface area contributed by atoms with Crippen molar-refractivity contribution in [2.24, 2.45) is 13.0 Å². The van der Waals surface area contributed by atoms with Crippen LogP contribution in [0.4, 0.5) is 5.95 Å². The molecule has 1 amide bonds. The Morgan fingerprint density at radius 2 is 2.17 bits per heavy atom. The van der Waals surface area contributed by atoms with E-state index in [9.17, 15) is 4.79 Å². The van der Waals surface area contributed by atoms with Crippen LogP contribution < -0.4 is 4.90 Å². The summed E-state index contributed by atoms with van der Waals surface area (Å²) in [5.41, 5.74) is 0. The second-order valence-electron chi connectivity index (χ2n) is 4.90. The van der Waals surface area contributed by atoms with Gasteiger partial charge in [-0.25, -0.2) is 0 Å². The Labute approximate surface area is 107 Å². The molecule has 0 aromatic carbocycles. The Kier molecular flexibility index (Phi) is 4.28. The highest BCUT2D eigenvalue weighted by Gasteiger charge is 2.29. The summed E-state index contributed by atoms with van der Waals surface area (Å²) < 4.78 is 0. The molecule has 6 heteroatoms. The standard InChI is InChI=1S/C12H21N5O/c1-3-4-9-17(12-13-15-16(2)14-12)11(18)10-7-5-6-8-10/h10H,3-9H2,1-2H3. The van der Waals surface area contributed by atoms with Gasteiger partial charge in [-0.1, -0.05) is 31.3 Å². The summed E-state index contributed by atoms with van der Waals surface area (Å²) in [6, 6.07) is 0. The molecule has 18 heavy (non-hydrogen) atoms. The van der Waals surface area contributed by atoms with Crippen LogP contribution in [0.25, 0.3) is 0 Å². The van der Waals surface area contributed by atoms with Gasteiger partial charge in [0.2, 0.25) is 5.91 Å². The summed E-state index contributed by atoms with van der Waals surface area (Å²) in [6.07, 6.45) is 6.34. The Balaban J connectivity index is 2.10. The van der Waals surface area contributed by atoms with Gasteiger partial charge >= 0.3 is 0 Å². The molecule has 1 aromatic rings. The largest absolute Gasteiger partial charge is 0.278 e. The average molecular weight is 251 g/mol. The van der Waals surface area contributed by atoms with Gasteiger partial charge in [-0.05, 0) is 24.5 Å². The lowest BCUT2D eigenvalue weighted by atomic mass is 10.1. The highest BCUT2D eigenvalue weighted by Crippen LogP contribution is 2.27. The zero-order valence-electron chi connectivity index (χ0n) is 11.2. The van der Waals surface area contributed by atoms with Crippen molar-refractivity contribution in [3.63, 3.8) is 0 Å². The lowest BCUT2D eigenvalue weighted by molar-refractivity contribution is -0.122. The molecule has 100 valence electrons. The first-order valence-corrected chi connectivity index (χ1v) is 6.77. The summed E-state index contributed by atoms with van der Waals surface area (Å²) in [5.74, 6) is 0.780. The number of tetrazole rings is 1. The van der Waals surface area contributed by atoms with Crippen molar-refractivity contribution >= 4 is 11.9 Å². The van der Waals surface area contributed by atoms with E-state index < -0.39 is 0 Å². The molecule has 0 bridgehead atoms. The number of hydrogen-bond acceptors (Lipinski definition) is 4. The van der Waals surface area contributed by atoms with E-state index in [0.29, 0.717) is 12.5 Å². The third kappa shape index (κ3) is 2.86. The minimum absolute atomic E-state index is 0.158. The molecule has 0 atom stereocenters. The third-order valence-electron chi connectivity index (χ3n) is 3.44. The van der Waals surface area contributed by atoms with Crippen molar-refractivity contribution < 1.29 is 4.79 Å². The maximum atomic E-state index is 12.5. The van der Waals surface area contributed by atoms with Crippen molar-refractivity contribution in [1.82, 2.24) is 20.2 Å². The van der Waals surface area contributed by atoms with Crippen LogP contribution in [-0.4, -0.2) is 32.7 Å². The normalized spacial score (nSPS) is 16.1. The molecule has 1 aliphatic carbocycles. The molecule has 1 aromatic heterocycles. The number of hydrogen-bond donors (Lipinski definition) is 0. The predicted molar refractivity (Wildman–Crippen MR) is 68.0 cm³/mol. The second kappa shape index (κ2) is 5.93. The fraction of sp³-hybridized carbons (Fsp3) is 0.833. The van der Waals surface area contributed by atoms with Crippen LogP contribution in [0, 0.1) is 5.92 Å². The number of unbranched alkanes of at least 4 members (excludes halogenated alkanes) is 1. The topological polar surface area (TPSA) is 63.9 Å². The number of amides is 1. The summed E-state index contributed by atoms with van der Waals surface area (Å²) in [4.78, 5) is 15.6. The van der Waals surface area contributed by atoms with Crippen LogP contribution >= 0.6 is 0 Å². The van der Waals surface area contributed by atoms with Gasteiger partial charge < -0.3 is 0 Å². The number of aromatic nitrogens is 4. The van der Waals surface area contributed by atoms with Crippen molar-refractivity contribution in [3.8, 4) is 0 Å². The predicted octanol–water partition coefficient (Wildman–Crippen LogP) is 1.53. The molecule has 0 radical (unpaired) electrons. The Hall–Kier alpha value is -1.46. The maximum Gasteiger partial charge on any atom is 0.272 e. The molecular formula is C12H21N5O. The van der Waals surface area contributed by atoms with Gasteiger partial charge in [0.25, 0.3) is 5.95 Å². The van der Waals surface area contributed by atoms with E-state index in [1.165, 1.54) is 4.80 Å². The molecule has 0 saturated heterocycles. The Bertz CT molecular complexity index is 397. The highest BCUT2D eigenvalue weighted by atomic mass is 16.2. The first-order valence-electron chi connectivity index (χ1n) is 6.77. The molecule has 1 saturated carbocycles. The molecule has 6 nitrogen and oxygen atoms in total. The van der Waals surface area contributed by atoms with Gasteiger partial charge in [-0.2, -0.15) is 4.80 Å². The monoisotopic (exact) mass is 251 g/mol. The van der Waals surface area contributed by atoms with E-state index in [4.69, 9.17) is 0 Å². The van der Waals surface area contributed by atoms with Crippen molar-refractivity contribution in [3.05, 3.63) is 0 Å². The second-order valence-corrected chi connectivity index (χ2v) is 4.90. The molecule has 0 spiro atoms. The number of carbonyl (C=O) groups excluding carboxylic acids is 1. The van der Waals surface area contributed by atoms with E-state index in [1.54, 1.807) is 11.9 Å². The van der Waals surface area contributed by atoms with E-state index in [1.807, 2.05) is 0 Å². The van der Waals surface area contributed by atoms with Crippen LogP contribution in [-0.2, 0) is 11.8 Å². The molecule has 0 N–H and O–H groups in total. The van der Waals surface area contributed by atoms with Gasteiger partial charge in [-0.15, -0.1) is 5.10 Å². The quantitative estimate of drug-likeness (QED) is 0.796. The summed E-state index contributed by atoms with van der Waals surface area (Å²) in [7, 11) is 1.72. The number of carbonyl (C=O) groups is 1. The number of nitrogens with zero attached hydrogens (tertiary/aromatic N) is 5. The van der Waals surface area contributed by atoms with Crippen molar-refractivity contribution in [1.29, 1.82) is 0 Å². The molecular weight excluding hydrogens is 230 g/mol. The van der Waals surface area contributed by atoms with Crippen LogP contribution in [0.1, 0.15) is 45.4 Å². The molecule has 1 heterocycles. The van der Waals surface area contributed by atoms with Gasteiger partial charge in [-0.3, -0.25) is 9.69 Å². The van der Waals surface area contributed by atoms with Crippen molar-refractivity contribution in [2.75, 3.05) is 11.4 Å². The van der Waals surface area contributed by atoms with E-state index in [-0.39, 0.29) is 11.8 Å². The highest BCUT2D eigenvalue weighted by molar-refractivity contribution is 5.93. The third-order valence-corrected chi connectivity index (χ3v) is 3.44. The average Bonchev–Trinajstić information content (AvgIpc) is 3.00. The zero-order chi connectivity index (χ0) is 13.0. The number of anilines is 1. The van der Waals surface area contributed by atoms with E-state index >= 15 is 0 Å². The Morgan fingerprint density at radius 3 is 2.72 bits per heavy atom. The molecule has 0 unspecified atom stereocenters. The van der Waals surface area contributed by atoms with Gasteiger partial charge in [0.1, 0.15) is 0 Å². The molecule has 2 rings (SSSR count). The Morgan fingerprint density at radius 1 is 1.44 bits per heavy atom. The summed E-state index contributed by atoms with van der Waals surface area (Å²) >= 11 is 0. The minimum Gasteiger partial charge on any atom is -0.278 e. The smallest absolute Gasteiger partial charge is 0.272 e. The zero-order valence-corrected chi connectivity index (χ0v) is 11.2. The van der Waals surface area contributed by atoms with Gasteiger partial charge in [0, 0.05) is 12.5 Å². The molecule has 1 aliphatic rings. The van der Waals surface area contributed by atoms with Crippen LogP contribution in [0.5, 0.6) is 0 Å². The van der Waals surface area contributed by atoms with Crippen LogP contribution in [0.15, 0.2) is 0 Å². The first-order chi connectivity index (χ1) is 8.72. The van der Waals surface area contributed by atoms with Crippen molar-refractivity contribution in [2.45, 2.75) is 45.4 Å². The maximum absolute atomic E-state index is 12.5. The van der Waals surface area contributed by atoms with E-state index in [2.05, 4.69) is 22.3 Å².